The highest BCUT2D eigenvalue weighted by molar-refractivity contribution is 5.96. The molecule has 1 fully saturated rings. The molecule has 0 aromatic carbocycles. The SMILES string of the molecule is O=C1CC(C(=O)Nc2ccc(C(=O)O)cn2)CN1. The number of pyridine rings is 1. The minimum atomic E-state index is -1.08. The molecule has 1 aliphatic rings. The number of anilines is 1. The first-order chi connectivity index (χ1) is 8.56. The Balaban J connectivity index is 1.99. The maximum absolute atomic E-state index is 11.7. The molecule has 0 radical (unpaired) electrons. The van der Waals surface area contributed by atoms with Crippen LogP contribution < -0.4 is 10.6 Å². The molecule has 2 heterocycles. The van der Waals surface area contributed by atoms with E-state index in [0.717, 1.165) is 6.20 Å². The van der Waals surface area contributed by atoms with Crippen molar-refractivity contribution in [1.82, 2.24) is 10.3 Å². The number of nitrogens with zero attached hydrogens (tertiary/aromatic N) is 1. The molecule has 0 saturated carbocycles. The monoisotopic (exact) mass is 249 g/mol. The van der Waals surface area contributed by atoms with Crippen LogP contribution in [0, 0.1) is 5.92 Å². The molecule has 0 bridgehead atoms. The van der Waals surface area contributed by atoms with Gasteiger partial charge in [0, 0.05) is 19.2 Å². The van der Waals surface area contributed by atoms with Gasteiger partial charge >= 0.3 is 5.97 Å². The summed E-state index contributed by atoms with van der Waals surface area (Å²) >= 11 is 0. The lowest BCUT2D eigenvalue weighted by atomic mass is 10.1. The Morgan fingerprint density at radius 3 is 2.72 bits per heavy atom. The van der Waals surface area contributed by atoms with E-state index in [2.05, 4.69) is 15.6 Å². The van der Waals surface area contributed by atoms with E-state index in [1.807, 2.05) is 0 Å². The van der Waals surface area contributed by atoms with Crippen molar-refractivity contribution in [2.24, 2.45) is 5.92 Å². The molecular weight excluding hydrogens is 238 g/mol. The van der Waals surface area contributed by atoms with Crippen molar-refractivity contribution in [2.75, 3.05) is 11.9 Å². The summed E-state index contributed by atoms with van der Waals surface area (Å²) in [7, 11) is 0. The lowest BCUT2D eigenvalue weighted by Crippen LogP contribution is -2.25. The molecule has 7 heteroatoms. The maximum atomic E-state index is 11.7. The number of carbonyl (C=O) groups excluding carboxylic acids is 2. The van der Waals surface area contributed by atoms with Crippen LogP contribution in [0.1, 0.15) is 16.8 Å². The lowest BCUT2D eigenvalue weighted by molar-refractivity contribution is -0.123. The van der Waals surface area contributed by atoms with Crippen LogP contribution in [0.5, 0.6) is 0 Å². The highest BCUT2D eigenvalue weighted by atomic mass is 16.4. The second-order valence-corrected chi connectivity index (χ2v) is 3.93. The normalized spacial score (nSPS) is 18.2. The third kappa shape index (κ3) is 2.62. The summed E-state index contributed by atoms with van der Waals surface area (Å²) in [5, 5.41) is 13.8. The van der Waals surface area contributed by atoms with E-state index in [1.165, 1.54) is 12.1 Å². The second-order valence-electron chi connectivity index (χ2n) is 3.93. The summed E-state index contributed by atoms with van der Waals surface area (Å²) in [5.74, 6) is -1.66. The van der Waals surface area contributed by atoms with Gasteiger partial charge in [-0.25, -0.2) is 9.78 Å². The Bertz CT molecular complexity index is 498. The molecule has 1 aromatic rings. The van der Waals surface area contributed by atoms with E-state index in [4.69, 9.17) is 5.11 Å². The molecule has 1 aliphatic heterocycles. The zero-order valence-corrected chi connectivity index (χ0v) is 9.34. The van der Waals surface area contributed by atoms with E-state index in [-0.39, 0.29) is 29.6 Å². The molecule has 1 atom stereocenters. The van der Waals surface area contributed by atoms with Crippen LogP contribution in [0.25, 0.3) is 0 Å². The molecule has 1 aromatic heterocycles. The maximum Gasteiger partial charge on any atom is 0.337 e. The molecule has 0 spiro atoms. The van der Waals surface area contributed by atoms with Gasteiger partial charge < -0.3 is 15.7 Å². The van der Waals surface area contributed by atoms with Gasteiger partial charge in [0.1, 0.15) is 5.82 Å². The number of nitrogens with one attached hydrogen (secondary N) is 2. The minimum Gasteiger partial charge on any atom is -0.478 e. The Morgan fingerprint density at radius 1 is 1.44 bits per heavy atom. The van der Waals surface area contributed by atoms with Gasteiger partial charge in [-0.2, -0.15) is 0 Å². The highest BCUT2D eigenvalue weighted by Gasteiger charge is 2.28. The van der Waals surface area contributed by atoms with Crippen LogP contribution in [0.3, 0.4) is 0 Å². The average molecular weight is 249 g/mol. The fourth-order valence-corrected chi connectivity index (χ4v) is 1.61. The third-order valence-electron chi connectivity index (χ3n) is 2.61. The van der Waals surface area contributed by atoms with Crippen LogP contribution in [0.2, 0.25) is 0 Å². The van der Waals surface area contributed by atoms with Crippen molar-refractivity contribution < 1.29 is 19.5 Å². The smallest absolute Gasteiger partial charge is 0.337 e. The van der Waals surface area contributed by atoms with E-state index in [1.54, 1.807) is 0 Å². The molecule has 1 saturated heterocycles. The molecule has 94 valence electrons. The van der Waals surface area contributed by atoms with Crippen LogP contribution >= 0.6 is 0 Å². The first-order valence-electron chi connectivity index (χ1n) is 5.33. The number of aromatic carboxylic acids is 1. The number of aromatic nitrogens is 1. The van der Waals surface area contributed by atoms with Gasteiger partial charge in [0.15, 0.2) is 0 Å². The van der Waals surface area contributed by atoms with Crippen LogP contribution in [0.15, 0.2) is 18.3 Å². The van der Waals surface area contributed by atoms with Gasteiger partial charge in [0.2, 0.25) is 11.8 Å². The Morgan fingerprint density at radius 2 is 2.22 bits per heavy atom. The Kier molecular flexibility index (Phi) is 3.22. The van der Waals surface area contributed by atoms with Crippen molar-refractivity contribution in [3.8, 4) is 0 Å². The molecule has 7 nitrogen and oxygen atoms in total. The predicted octanol–water partition coefficient (Wildman–Crippen LogP) is -0.146. The molecule has 2 rings (SSSR count). The molecule has 18 heavy (non-hydrogen) atoms. The Hall–Kier alpha value is -2.44. The number of carboxylic acid groups (broad SMARTS) is 1. The first-order valence-corrected chi connectivity index (χ1v) is 5.33. The number of amides is 2. The Labute approximate surface area is 102 Å². The van der Waals surface area contributed by atoms with Crippen molar-refractivity contribution in [3.63, 3.8) is 0 Å². The molecule has 3 N–H and O–H groups in total. The van der Waals surface area contributed by atoms with Crippen LogP contribution in [0.4, 0.5) is 5.82 Å². The van der Waals surface area contributed by atoms with E-state index < -0.39 is 11.9 Å². The number of hydrogen-bond acceptors (Lipinski definition) is 4. The zero-order valence-electron chi connectivity index (χ0n) is 9.34. The number of hydrogen-bond donors (Lipinski definition) is 3. The summed E-state index contributed by atoms with van der Waals surface area (Å²) in [6.45, 7) is 0.317. The summed E-state index contributed by atoms with van der Waals surface area (Å²) < 4.78 is 0. The fourth-order valence-electron chi connectivity index (χ4n) is 1.61. The van der Waals surface area contributed by atoms with Gasteiger partial charge in [-0.1, -0.05) is 0 Å². The lowest BCUT2D eigenvalue weighted by Gasteiger charge is -2.08. The topological polar surface area (TPSA) is 108 Å². The van der Waals surface area contributed by atoms with Crippen molar-refractivity contribution in [2.45, 2.75) is 6.42 Å². The van der Waals surface area contributed by atoms with Gasteiger partial charge in [-0.05, 0) is 12.1 Å². The summed E-state index contributed by atoms with van der Waals surface area (Å²) in [6.07, 6.45) is 1.33. The van der Waals surface area contributed by atoms with Crippen molar-refractivity contribution >= 4 is 23.6 Å². The quantitative estimate of drug-likeness (QED) is 0.690. The highest BCUT2D eigenvalue weighted by Crippen LogP contribution is 2.12. The molecule has 1 unspecified atom stereocenters. The van der Waals surface area contributed by atoms with Gasteiger partial charge in [0.05, 0.1) is 11.5 Å². The zero-order chi connectivity index (χ0) is 13.1. The van der Waals surface area contributed by atoms with Crippen LogP contribution in [-0.4, -0.2) is 34.4 Å². The largest absolute Gasteiger partial charge is 0.478 e. The standard InChI is InChI=1S/C11H11N3O4/c15-9-3-7(5-13-9)10(16)14-8-2-1-6(4-12-8)11(17)18/h1-2,4,7H,3,5H2,(H,13,15)(H,17,18)(H,12,14,16). The van der Waals surface area contributed by atoms with Gasteiger partial charge in [0.25, 0.3) is 0 Å². The summed E-state index contributed by atoms with van der Waals surface area (Å²) in [6, 6.07) is 2.76. The average Bonchev–Trinajstić information content (AvgIpc) is 2.76. The predicted molar refractivity (Wildman–Crippen MR) is 60.9 cm³/mol. The first kappa shape index (κ1) is 12.0. The van der Waals surface area contributed by atoms with Crippen molar-refractivity contribution in [3.05, 3.63) is 23.9 Å². The van der Waals surface area contributed by atoms with E-state index in [9.17, 15) is 14.4 Å². The summed E-state index contributed by atoms with van der Waals surface area (Å²) in [4.78, 5) is 37.1. The number of carboxylic acids is 1. The molecular formula is C11H11N3O4. The van der Waals surface area contributed by atoms with Crippen molar-refractivity contribution in [1.29, 1.82) is 0 Å². The third-order valence-corrected chi connectivity index (χ3v) is 2.61. The molecule has 0 aliphatic carbocycles. The van der Waals surface area contributed by atoms with Gasteiger partial charge in [-0.15, -0.1) is 0 Å². The number of rotatable bonds is 3. The van der Waals surface area contributed by atoms with Crippen LogP contribution in [-0.2, 0) is 9.59 Å². The number of carbonyl (C=O) groups is 3. The molecule has 2 amide bonds. The fraction of sp³-hybridized carbons (Fsp3) is 0.273. The van der Waals surface area contributed by atoms with E-state index in [0.29, 0.717) is 6.54 Å². The second kappa shape index (κ2) is 4.82. The van der Waals surface area contributed by atoms with Gasteiger partial charge in [-0.3, -0.25) is 9.59 Å². The van der Waals surface area contributed by atoms with E-state index >= 15 is 0 Å². The summed E-state index contributed by atoms with van der Waals surface area (Å²) in [5.41, 5.74) is 0.0470. The minimum absolute atomic E-state index is 0.0470.